The Balaban J connectivity index is 2.89. The van der Waals surface area contributed by atoms with Gasteiger partial charge in [0.2, 0.25) is 0 Å². The predicted molar refractivity (Wildman–Crippen MR) is 54.6 cm³/mol. The second-order valence-electron chi connectivity index (χ2n) is 2.01. The third-order valence-corrected chi connectivity index (χ3v) is 3.01. The maximum Gasteiger partial charge on any atom is -0.00284 e. The molecule has 0 unspecified atom stereocenters. The van der Waals surface area contributed by atoms with Gasteiger partial charge in [0.15, 0.2) is 0 Å². The monoisotopic (exact) mass is 176 g/mol. The van der Waals surface area contributed by atoms with Crippen LogP contribution in [-0.4, -0.2) is 11.5 Å². The van der Waals surface area contributed by atoms with Gasteiger partial charge in [0.25, 0.3) is 0 Å². The van der Waals surface area contributed by atoms with Crippen molar-refractivity contribution in [1.29, 1.82) is 0 Å². The van der Waals surface area contributed by atoms with Crippen LogP contribution >= 0.6 is 23.5 Å². The van der Waals surface area contributed by atoms with E-state index in [1.54, 1.807) is 0 Å². The highest BCUT2D eigenvalue weighted by Gasteiger charge is 1.78. The van der Waals surface area contributed by atoms with Crippen molar-refractivity contribution in [3.8, 4) is 0 Å². The highest BCUT2D eigenvalue weighted by molar-refractivity contribution is 8.05. The Kier molecular flexibility index (Phi) is 9.86. The van der Waals surface area contributed by atoms with E-state index in [9.17, 15) is 0 Å². The molecule has 0 aliphatic rings. The van der Waals surface area contributed by atoms with E-state index < -0.39 is 0 Å². The lowest BCUT2D eigenvalue weighted by molar-refractivity contribution is 1.11. The third kappa shape index (κ3) is 8.44. The molecule has 0 fully saturated rings. The molecule has 0 spiro atoms. The molecule has 0 aromatic carbocycles. The summed E-state index contributed by atoms with van der Waals surface area (Å²) in [6.07, 6.45) is 2.54. The van der Waals surface area contributed by atoms with E-state index in [-0.39, 0.29) is 0 Å². The topological polar surface area (TPSA) is 0 Å². The maximum atomic E-state index is 2.21. The van der Waals surface area contributed by atoms with Crippen LogP contribution in [0.15, 0.2) is 10.8 Å². The Morgan fingerprint density at radius 3 is 1.60 bits per heavy atom. The summed E-state index contributed by atoms with van der Waals surface area (Å²) in [5.41, 5.74) is 0. The lowest BCUT2D eigenvalue weighted by Crippen LogP contribution is -1.68. The standard InChI is InChI=1S/C8H16S2/c1-3-5-9-7-8-10-6-4-2/h7-8H,3-6H2,1-2H3/b8-7+. The van der Waals surface area contributed by atoms with Crippen molar-refractivity contribution in [1.82, 2.24) is 0 Å². The van der Waals surface area contributed by atoms with E-state index in [4.69, 9.17) is 0 Å². The fourth-order valence-corrected chi connectivity index (χ4v) is 1.82. The van der Waals surface area contributed by atoms with Crippen LogP contribution < -0.4 is 0 Å². The Morgan fingerprint density at radius 2 is 1.30 bits per heavy atom. The van der Waals surface area contributed by atoms with Crippen LogP contribution in [0.5, 0.6) is 0 Å². The van der Waals surface area contributed by atoms with Gasteiger partial charge in [0.05, 0.1) is 0 Å². The highest BCUT2D eigenvalue weighted by atomic mass is 32.2. The zero-order chi connectivity index (χ0) is 7.66. The summed E-state index contributed by atoms with van der Waals surface area (Å²) in [6.45, 7) is 4.42. The molecule has 0 rings (SSSR count). The second-order valence-corrected chi connectivity index (χ2v) is 4.04. The van der Waals surface area contributed by atoms with Crippen LogP contribution in [0.25, 0.3) is 0 Å². The average molecular weight is 176 g/mol. The summed E-state index contributed by atoms with van der Waals surface area (Å²) in [6, 6.07) is 0. The first-order chi connectivity index (χ1) is 4.91. The molecule has 60 valence electrons. The van der Waals surface area contributed by atoms with Crippen molar-refractivity contribution in [2.24, 2.45) is 0 Å². The van der Waals surface area contributed by atoms with Gasteiger partial charge in [0, 0.05) is 0 Å². The predicted octanol–water partition coefficient (Wildman–Crippen LogP) is 3.74. The minimum absolute atomic E-state index is 1.25. The normalized spacial score (nSPS) is 11.0. The molecule has 0 N–H and O–H groups in total. The fraction of sp³-hybridized carbons (Fsp3) is 0.750. The van der Waals surface area contributed by atoms with Gasteiger partial charge in [0.1, 0.15) is 0 Å². The van der Waals surface area contributed by atoms with Gasteiger partial charge >= 0.3 is 0 Å². The first kappa shape index (κ1) is 10.4. The molecule has 0 aliphatic carbocycles. The SMILES string of the molecule is CCCS/C=C/SCCC. The van der Waals surface area contributed by atoms with Crippen molar-refractivity contribution in [2.45, 2.75) is 26.7 Å². The van der Waals surface area contributed by atoms with E-state index >= 15 is 0 Å². The molecule has 0 saturated heterocycles. The van der Waals surface area contributed by atoms with E-state index in [0.29, 0.717) is 0 Å². The van der Waals surface area contributed by atoms with Crippen LogP contribution in [0.2, 0.25) is 0 Å². The van der Waals surface area contributed by atoms with Gasteiger partial charge in [-0.3, -0.25) is 0 Å². The highest BCUT2D eigenvalue weighted by Crippen LogP contribution is 2.10. The Bertz CT molecular complexity index is 69.3. The summed E-state index contributed by atoms with van der Waals surface area (Å²) in [5, 5.41) is 4.40. The molecular weight excluding hydrogens is 160 g/mol. The Labute approximate surface area is 72.9 Å². The molecule has 0 aliphatic heterocycles. The molecule has 0 nitrogen and oxygen atoms in total. The van der Waals surface area contributed by atoms with Crippen LogP contribution in [0.4, 0.5) is 0 Å². The van der Waals surface area contributed by atoms with Crippen LogP contribution in [0.3, 0.4) is 0 Å². The van der Waals surface area contributed by atoms with E-state index in [1.807, 2.05) is 23.5 Å². The summed E-state index contributed by atoms with van der Waals surface area (Å²) < 4.78 is 0. The molecule has 0 heterocycles. The molecular formula is C8H16S2. The average Bonchev–Trinajstić information content (AvgIpc) is 1.97. The smallest absolute Gasteiger partial charge is 0.00284 e. The van der Waals surface area contributed by atoms with Crippen molar-refractivity contribution in [3.05, 3.63) is 10.8 Å². The molecule has 0 atom stereocenters. The molecule has 0 amide bonds. The lowest BCUT2D eigenvalue weighted by Gasteiger charge is -1.89. The molecule has 0 aromatic heterocycles. The van der Waals surface area contributed by atoms with E-state index in [2.05, 4.69) is 24.7 Å². The second kappa shape index (κ2) is 9.44. The van der Waals surface area contributed by atoms with Gasteiger partial charge < -0.3 is 0 Å². The van der Waals surface area contributed by atoms with Crippen LogP contribution in [0, 0.1) is 0 Å². The van der Waals surface area contributed by atoms with Crippen molar-refractivity contribution < 1.29 is 0 Å². The fourth-order valence-electron chi connectivity index (χ4n) is 0.450. The molecule has 0 saturated carbocycles. The Hall–Kier alpha value is 0.440. The van der Waals surface area contributed by atoms with E-state index in [0.717, 1.165) is 0 Å². The largest absolute Gasteiger partial charge is 0.134 e. The van der Waals surface area contributed by atoms with Gasteiger partial charge in [-0.05, 0) is 35.2 Å². The number of rotatable bonds is 6. The van der Waals surface area contributed by atoms with Gasteiger partial charge in [-0.2, -0.15) is 0 Å². The van der Waals surface area contributed by atoms with Crippen LogP contribution in [-0.2, 0) is 0 Å². The summed E-state index contributed by atoms with van der Waals surface area (Å²) >= 11 is 3.80. The lowest BCUT2D eigenvalue weighted by atomic mass is 10.6. The minimum Gasteiger partial charge on any atom is -0.134 e. The molecule has 0 bridgehead atoms. The zero-order valence-corrected chi connectivity index (χ0v) is 8.43. The maximum absolute atomic E-state index is 2.21. The van der Waals surface area contributed by atoms with Crippen molar-refractivity contribution in [3.63, 3.8) is 0 Å². The zero-order valence-electron chi connectivity index (χ0n) is 6.80. The first-order valence-electron chi connectivity index (χ1n) is 3.80. The summed E-state index contributed by atoms with van der Waals surface area (Å²) in [5.74, 6) is 2.51. The van der Waals surface area contributed by atoms with Crippen LogP contribution in [0.1, 0.15) is 26.7 Å². The molecule has 0 radical (unpaired) electrons. The van der Waals surface area contributed by atoms with Gasteiger partial charge in [-0.1, -0.05) is 13.8 Å². The van der Waals surface area contributed by atoms with Gasteiger partial charge in [-0.25, -0.2) is 0 Å². The van der Waals surface area contributed by atoms with Crippen molar-refractivity contribution in [2.75, 3.05) is 11.5 Å². The van der Waals surface area contributed by atoms with Gasteiger partial charge in [-0.15, -0.1) is 23.5 Å². The molecule has 2 heteroatoms. The first-order valence-corrected chi connectivity index (χ1v) is 5.89. The summed E-state index contributed by atoms with van der Waals surface area (Å²) in [4.78, 5) is 0. The molecule has 0 aromatic rings. The Morgan fingerprint density at radius 1 is 0.900 bits per heavy atom. The number of hydrogen-bond acceptors (Lipinski definition) is 2. The third-order valence-electron chi connectivity index (χ3n) is 0.892. The minimum atomic E-state index is 1.25. The number of thioether (sulfide) groups is 2. The number of hydrogen-bond donors (Lipinski definition) is 0. The molecule has 10 heavy (non-hydrogen) atoms. The van der Waals surface area contributed by atoms with Crippen molar-refractivity contribution >= 4 is 23.5 Å². The van der Waals surface area contributed by atoms with E-state index in [1.165, 1.54) is 24.3 Å². The summed E-state index contributed by atoms with van der Waals surface area (Å²) in [7, 11) is 0. The quantitative estimate of drug-likeness (QED) is 0.565.